The standard InChI is InChI=1S/C9H25N3O2Si/c1-4-9(15(13-2)14-3)12-8-7-11-6-5-10/h9,11-12,15H,4-8,10H2,1-3H3. The Hall–Kier alpha value is 0.0169. The minimum absolute atomic E-state index is 0.375. The van der Waals surface area contributed by atoms with E-state index in [2.05, 4.69) is 17.6 Å². The lowest BCUT2D eigenvalue weighted by molar-refractivity contribution is 0.257. The number of nitrogens with one attached hydrogen (secondary N) is 2. The van der Waals surface area contributed by atoms with Gasteiger partial charge in [0.25, 0.3) is 0 Å². The van der Waals surface area contributed by atoms with Crippen molar-refractivity contribution in [2.45, 2.75) is 19.0 Å². The Kier molecular flexibility index (Phi) is 10.5. The molecule has 0 rings (SSSR count). The van der Waals surface area contributed by atoms with Crippen LogP contribution in [-0.4, -0.2) is 55.3 Å². The van der Waals surface area contributed by atoms with Crippen molar-refractivity contribution in [1.82, 2.24) is 10.6 Å². The molecule has 5 nitrogen and oxygen atoms in total. The first-order chi connectivity index (χ1) is 7.29. The first-order valence-corrected chi connectivity index (χ1v) is 7.10. The highest BCUT2D eigenvalue weighted by Crippen LogP contribution is 1.98. The third-order valence-electron chi connectivity index (χ3n) is 2.26. The zero-order chi connectivity index (χ0) is 11.5. The number of nitrogens with two attached hydrogens (primary N) is 1. The zero-order valence-corrected chi connectivity index (χ0v) is 11.2. The van der Waals surface area contributed by atoms with E-state index in [0.29, 0.717) is 12.2 Å². The molecule has 1 atom stereocenters. The molecule has 0 saturated carbocycles. The summed E-state index contributed by atoms with van der Waals surface area (Å²) in [6.45, 7) is 5.55. The largest absolute Gasteiger partial charge is 0.399 e. The van der Waals surface area contributed by atoms with Crippen molar-refractivity contribution in [3.05, 3.63) is 0 Å². The summed E-state index contributed by atoms with van der Waals surface area (Å²) in [7, 11) is 1.91. The lowest BCUT2D eigenvalue weighted by Crippen LogP contribution is -2.47. The van der Waals surface area contributed by atoms with Gasteiger partial charge >= 0.3 is 9.28 Å². The minimum Gasteiger partial charge on any atom is -0.399 e. The van der Waals surface area contributed by atoms with Crippen LogP contribution in [0, 0.1) is 0 Å². The summed E-state index contributed by atoms with van der Waals surface area (Å²) in [6.07, 6.45) is 1.04. The van der Waals surface area contributed by atoms with Crippen molar-refractivity contribution in [2.24, 2.45) is 5.73 Å². The van der Waals surface area contributed by atoms with Gasteiger partial charge in [0.05, 0.1) is 0 Å². The van der Waals surface area contributed by atoms with Gasteiger partial charge in [-0.05, 0) is 6.42 Å². The van der Waals surface area contributed by atoms with Crippen molar-refractivity contribution in [3.8, 4) is 0 Å². The molecule has 6 heteroatoms. The van der Waals surface area contributed by atoms with Crippen molar-refractivity contribution in [1.29, 1.82) is 0 Å². The molecule has 0 fully saturated rings. The van der Waals surface area contributed by atoms with Crippen molar-refractivity contribution >= 4 is 9.28 Å². The molecule has 1 unspecified atom stereocenters. The second kappa shape index (κ2) is 10.5. The molecule has 0 heterocycles. The van der Waals surface area contributed by atoms with Crippen LogP contribution >= 0.6 is 0 Å². The van der Waals surface area contributed by atoms with E-state index in [1.807, 2.05) is 0 Å². The molecule has 4 N–H and O–H groups in total. The smallest absolute Gasteiger partial charge is 0.338 e. The second-order valence-electron chi connectivity index (χ2n) is 3.35. The van der Waals surface area contributed by atoms with Crippen LogP contribution in [0.1, 0.15) is 13.3 Å². The molecular weight excluding hydrogens is 210 g/mol. The van der Waals surface area contributed by atoms with Gasteiger partial charge in [-0.2, -0.15) is 0 Å². The molecule has 0 saturated heterocycles. The fourth-order valence-electron chi connectivity index (χ4n) is 1.43. The lowest BCUT2D eigenvalue weighted by atomic mass is 10.4. The fourth-order valence-corrected chi connectivity index (χ4v) is 3.02. The van der Waals surface area contributed by atoms with E-state index < -0.39 is 9.28 Å². The third-order valence-corrected chi connectivity index (χ3v) is 4.56. The van der Waals surface area contributed by atoms with Crippen LogP contribution in [0.25, 0.3) is 0 Å². The monoisotopic (exact) mass is 235 g/mol. The van der Waals surface area contributed by atoms with Gasteiger partial charge in [0.15, 0.2) is 0 Å². The molecule has 0 aliphatic rings. The summed E-state index contributed by atoms with van der Waals surface area (Å²) in [4.78, 5) is 0. The zero-order valence-electron chi connectivity index (χ0n) is 10.1. The molecule has 0 aromatic rings. The summed E-state index contributed by atoms with van der Waals surface area (Å²) < 4.78 is 10.7. The first kappa shape index (κ1) is 15.0. The quantitative estimate of drug-likeness (QED) is 0.333. The number of rotatable bonds is 10. The van der Waals surface area contributed by atoms with E-state index >= 15 is 0 Å². The normalized spacial score (nSPS) is 13.4. The Morgan fingerprint density at radius 2 is 1.87 bits per heavy atom. The molecule has 15 heavy (non-hydrogen) atoms. The summed E-state index contributed by atoms with van der Waals surface area (Å²) >= 11 is 0. The maximum Gasteiger partial charge on any atom is 0.338 e. The summed E-state index contributed by atoms with van der Waals surface area (Å²) in [6, 6.07) is 0. The SMILES string of the molecule is CCC(NCCNCCN)[SiH](OC)OC. The molecule has 0 aliphatic carbocycles. The lowest BCUT2D eigenvalue weighted by Gasteiger charge is -2.22. The van der Waals surface area contributed by atoms with Gasteiger partial charge in [0.1, 0.15) is 0 Å². The molecule has 0 amide bonds. The first-order valence-electron chi connectivity index (χ1n) is 5.49. The molecule has 92 valence electrons. The van der Waals surface area contributed by atoms with Crippen LogP contribution in [0.4, 0.5) is 0 Å². The van der Waals surface area contributed by atoms with Crippen LogP contribution in [0.2, 0.25) is 0 Å². The topological polar surface area (TPSA) is 68.5 Å². The van der Waals surface area contributed by atoms with E-state index in [-0.39, 0.29) is 0 Å². The van der Waals surface area contributed by atoms with E-state index in [1.165, 1.54) is 0 Å². The molecule has 0 aliphatic heterocycles. The summed E-state index contributed by atoms with van der Waals surface area (Å²) in [5, 5.41) is 6.67. The fraction of sp³-hybridized carbons (Fsp3) is 1.00. The average molecular weight is 235 g/mol. The predicted molar refractivity (Wildman–Crippen MR) is 65.2 cm³/mol. The average Bonchev–Trinajstić information content (AvgIpc) is 2.27. The Balaban J connectivity index is 3.60. The number of hydrogen-bond donors (Lipinski definition) is 3. The highest BCUT2D eigenvalue weighted by molar-refractivity contribution is 6.46. The van der Waals surface area contributed by atoms with Crippen LogP contribution in [-0.2, 0) is 8.85 Å². The molecule has 0 aromatic heterocycles. The van der Waals surface area contributed by atoms with Crippen molar-refractivity contribution in [3.63, 3.8) is 0 Å². The van der Waals surface area contributed by atoms with Crippen molar-refractivity contribution in [2.75, 3.05) is 40.4 Å². The van der Waals surface area contributed by atoms with Gasteiger partial charge in [-0.3, -0.25) is 0 Å². The maximum atomic E-state index is 5.37. The molecule has 0 bridgehead atoms. The Morgan fingerprint density at radius 1 is 1.20 bits per heavy atom. The highest BCUT2D eigenvalue weighted by Gasteiger charge is 2.21. The maximum absolute atomic E-state index is 5.37. The van der Waals surface area contributed by atoms with Crippen LogP contribution in [0.5, 0.6) is 0 Å². The van der Waals surface area contributed by atoms with E-state index in [4.69, 9.17) is 14.6 Å². The van der Waals surface area contributed by atoms with Crippen LogP contribution in [0.3, 0.4) is 0 Å². The highest BCUT2D eigenvalue weighted by atomic mass is 28.3. The van der Waals surface area contributed by atoms with Crippen molar-refractivity contribution < 1.29 is 8.85 Å². The summed E-state index contributed by atoms with van der Waals surface area (Å²) in [5.74, 6) is 0. The van der Waals surface area contributed by atoms with Gasteiger partial charge in [-0.15, -0.1) is 0 Å². The van der Waals surface area contributed by atoms with E-state index in [0.717, 1.165) is 26.1 Å². The molecule has 0 radical (unpaired) electrons. The van der Waals surface area contributed by atoms with Crippen LogP contribution in [0.15, 0.2) is 0 Å². The Bertz CT molecular complexity index is 137. The Morgan fingerprint density at radius 3 is 2.33 bits per heavy atom. The second-order valence-corrected chi connectivity index (χ2v) is 5.83. The van der Waals surface area contributed by atoms with E-state index in [9.17, 15) is 0 Å². The third kappa shape index (κ3) is 6.99. The van der Waals surface area contributed by atoms with Gasteiger partial charge in [0.2, 0.25) is 0 Å². The van der Waals surface area contributed by atoms with E-state index in [1.54, 1.807) is 14.2 Å². The minimum atomic E-state index is -1.53. The number of hydrogen-bond acceptors (Lipinski definition) is 5. The van der Waals surface area contributed by atoms with Gasteiger partial charge in [-0.25, -0.2) is 0 Å². The van der Waals surface area contributed by atoms with Gasteiger partial charge in [-0.1, -0.05) is 6.92 Å². The Labute approximate surface area is 94.5 Å². The molecular formula is C9H25N3O2Si. The predicted octanol–water partition coefficient (Wildman–Crippen LogP) is -1.04. The van der Waals surface area contributed by atoms with Gasteiger partial charge < -0.3 is 25.2 Å². The molecule has 0 aromatic carbocycles. The summed E-state index contributed by atoms with van der Waals surface area (Å²) in [5.41, 5.74) is 5.75. The van der Waals surface area contributed by atoms with Gasteiger partial charge in [0, 0.05) is 46.1 Å². The molecule has 0 spiro atoms. The van der Waals surface area contributed by atoms with Crippen LogP contribution < -0.4 is 16.4 Å².